The van der Waals surface area contributed by atoms with E-state index in [2.05, 4.69) is 20.2 Å². The van der Waals surface area contributed by atoms with Gasteiger partial charge in [0.2, 0.25) is 6.79 Å². The SMILES string of the molecule is CN(c1ccc2c(c1)OCO2)c1ncccc1-c1nnc(-c2ccc(C(F)(F)F)cc2)[nH]1. The van der Waals surface area contributed by atoms with Gasteiger partial charge in [0.15, 0.2) is 23.1 Å². The quantitative estimate of drug-likeness (QED) is 0.480. The molecule has 10 heteroatoms. The van der Waals surface area contributed by atoms with E-state index in [0.717, 1.165) is 17.8 Å². The molecular formula is C22H16F3N5O2. The van der Waals surface area contributed by atoms with E-state index in [-0.39, 0.29) is 6.79 Å². The summed E-state index contributed by atoms with van der Waals surface area (Å²) in [7, 11) is 1.86. The Labute approximate surface area is 180 Å². The van der Waals surface area contributed by atoms with E-state index in [0.29, 0.717) is 40.1 Å². The Bertz CT molecular complexity index is 1270. The van der Waals surface area contributed by atoms with Gasteiger partial charge >= 0.3 is 6.18 Å². The Morgan fingerprint density at radius 2 is 1.69 bits per heavy atom. The van der Waals surface area contributed by atoms with Crippen molar-refractivity contribution in [2.24, 2.45) is 0 Å². The van der Waals surface area contributed by atoms with Crippen molar-refractivity contribution in [3.8, 4) is 34.3 Å². The number of halogens is 3. The highest BCUT2D eigenvalue weighted by Gasteiger charge is 2.30. The first-order valence-electron chi connectivity index (χ1n) is 9.59. The molecule has 5 rings (SSSR count). The summed E-state index contributed by atoms with van der Waals surface area (Å²) in [6.45, 7) is 0.183. The zero-order valence-electron chi connectivity index (χ0n) is 16.7. The van der Waals surface area contributed by atoms with Crippen molar-refractivity contribution >= 4 is 11.5 Å². The maximum absolute atomic E-state index is 12.8. The second-order valence-electron chi connectivity index (χ2n) is 7.07. The second-order valence-corrected chi connectivity index (χ2v) is 7.07. The molecule has 0 atom stereocenters. The van der Waals surface area contributed by atoms with Crippen LogP contribution in [0.4, 0.5) is 24.7 Å². The third-order valence-electron chi connectivity index (χ3n) is 5.08. The first kappa shape index (κ1) is 19.9. The second kappa shape index (κ2) is 7.56. The summed E-state index contributed by atoms with van der Waals surface area (Å²) >= 11 is 0. The molecule has 0 fully saturated rings. The predicted molar refractivity (Wildman–Crippen MR) is 111 cm³/mol. The topological polar surface area (TPSA) is 76.2 Å². The van der Waals surface area contributed by atoms with Crippen LogP contribution >= 0.6 is 0 Å². The number of fused-ring (bicyclic) bond motifs is 1. The number of hydrogen-bond donors (Lipinski definition) is 1. The maximum Gasteiger partial charge on any atom is 0.416 e. The van der Waals surface area contributed by atoms with Gasteiger partial charge in [0.25, 0.3) is 0 Å². The summed E-state index contributed by atoms with van der Waals surface area (Å²) in [5.41, 5.74) is 1.28. The number of alkyl halides is 3. The van der Waals surface area contributed by atoms with Crippen molar-refractivity contribution in [1.29, 1.82) is 0 Å². The lowest BCUT2D eigenvalue weighted by Crippen LogP contribution is -2.12. The minimum absolute atomic E-state index is 0.183. The number of pyridine rings is 1. The molecule has 2 aromatic heterocycles. The van der Waals surface area contributed by atoms with Gasteiger partial charge in [-0.1, -0.05) is 12.1 Å². The molecule has 1 aliphatic heterocycles. The third kappa shape index (κ3) is 3.59. The summed E-state index contributed by atoms with van der Waals surface area (Å²) in [6.07, 6.45) is -2.73. The molecule has 0 aliphatic carbocycles. The van der Waals surface area contributed by atoms with Crippen LogP contribution in [0.2, 0.25) is 0 Å². The average Bonchev–Trinajstić information content (AvgIpc) is 3.47. The van der Waals surface area contributed by atoms with Gasteiger partial charge in [0, 0.05) is 30.6 Å². The Morgan fingerprint density at radius 3 is 2.47 bits per heavy atom. The lowest BCUT2D eigenvalue weighted by Gasteiger charge is -2.20. The number of rotatable bonds is 4. The molecule has 3 heterocycles. The van der Waals surface area contributed by atoms with E-state index in [1.54, 1.807) is 12.3 Å². The molecule has 7 nitrogen and oxygen atoms in total. The summed E-state index contributed by atoms with van der Waals surface area (Å²) in [5.74, 6) is 2.74. The number of benzene rings is 2. The monoisotopic (exact) mass is 439 g/mol. The maximum atomic E-state index is 12.8. The van der Waals surface area contributed by atoms with Crippen LogP contribution in [-0.2, 0) is 6.18 Å². The first-order chi connectivity index (χ1) is 15.4. The van der Waals surface area contributed by atoms with Gasteiger partial charge < -0.3 is 19.4 Å². The molecule has 0 radical (unpaired) electrons. The average molecular weight is 439 g/mol. The van der Waals surface area contributed by atoms with Gasteiger partial charge in [-0.05, 0) is 36.4 Å². The number of H-pyrrole nitrogens is 1. The van der Waals surface area contributed by atoms with Crippen LogP contribution < -0.4 is 14.4 Å². The molecule has 0 unspecified atom stereocenters. The number of hydrogen-bond acceptors (Lipinski definition) is 6. The number of nitrogens with zero attached hydrogens (tertiary/aromatic N) is 4. The van der Waals surface area contributed by atoms with Gasteiger partial charge in [-0.15, -0.1) is 10.2 Å². The highest BCUT2D eigenvalue weighted by Crippen LogP contribution is 2.38. The predicted octanol–water partition coefficient (Wildman–Crippen LogP) is 5.05. The summed E-state index contributed by atoms with van der Waals surface area (Å²) in [5, 5.41) is 8.29. The molecule has 0 amide bonds. The number of nitrogens with one attached hydrogen (secondary N) is 1. The molecule has 2 aromatic carbocycles. The van der Waals surface area contributed by atoms with Gasteiger partial charge in [-0.3, -0.25) is 0 Å². The molecule has 162 valence electrons. The lowest BCUT2D eigenvalue weighted by atomic mass is 10.1. The van der Waals surface area contributed by atoms with Crippen molar-refractivity contribution in [1.82, 2.24) is 20.2 Å². The highest BCUT2D eigenvalue weighted by atomic mass is 19.4. The number of aromatic amines is 1. The van der Waals surface area contributed by atoms with E-state index in [1.165, 1.54) is 12.1 Å². The van der Waals surface area contributed by atoms with Crippen molar-refractivity contribution in [3.63, 3.8) is 0 Å². The largest absolute Gasteiger partial charge is 0.454 e. The van der Waals surface area contributed by atoms with Crippen LogP contribution in [0.15, 0.2) is 60.8 Å². The van der Waals surface area contributed by atoms with E-state index in [1.807, 2.05) is 36.2 Å². The van der Waals surface area contributed by atoms with Gasteiger partial charge in [-0.25, -0.2) is 4.98 Å². The fourth-order valence-electron chi connectivity index (χ4n) is 3.40. The zero-order chi connectivity index (χ0) is 22.3. The third-order valence-corrected chi connectivity index (χ3v) is 5.08. The standard InChI is InChI=1S/C22H16F3N5O2/c1-30(15-8-9-17-18(11-15)32-12-31-17)21-16(3-2-10-26-21)20-27-19(28-29-20)13-4-6-14(7-5-13)22(23,24)25/h2-11H,12H2,1H3,(H,27,28,29). The zero-order valence-corrected chi connectivity index (χ0v) is 16.7. The Balaban J connectivity index is 1.46. The van der Waals surface area contributed by atoms with Gasteiger partial charge in [-0.2, -0.15) is 13.2 Å². The molecule has 4 aromatic rings. The Kier molecular flexibility index (Phi) is 4.69. The van der Waals surface area contributed by atoms with E-state index in [4.69, 9.17) is 9.47 Å². The normalized spacial score (nSPS) is 12.8. The fraction of sp³-hybridized carbons (Fsp3) is 0.136. The smallest absolute Gasteiger partial charge is 0.416 e. The molecule has 0 saturated carbocycles. The highest BCUT2D eigenvalue weighted by molar-refractivity contribution is 5.77. The van der Waals surface area contributed by atoms with Crippen molar-refractivity contribution < 1.29 is 22.6 Å². The Morgan fingerprint density at radius 1 is 0.938 bits per heavy atom. The van der Waals surface area contributed by atoms with Crippen LogP contribution in [0.25, 0.3) is 22.8 Å². The van der Waals surface area contributed by atoms with Gasteiger partial charge in [0.1, 0.15) is 5.82 Å². The van der Waals surface area contributed by atoms with Crippen molar-refractivity contribution in [2.75, 3.05) is 18.7 Å². The van der Waals surface area contributed by atoms with Crippen molar-refractivity contribution in [3.05, 3.63) is 66.4 Å². The Hall–Kier alpha value is -4.08. The van der Waals surface area contributed by atoms with E-state index in [9.17, 15) is 13.2 Å². The van der Waals surface area contributed by atoms with E-state index < -0.39 is 11.7 Å². The molecule has 0 bridgehead atoms. The minimum Gasteiger partial charge on any atom is -0.454 e. The number of ether oxygens (including phenoxy) is 2. The van der Waals surface area contributed by atoms with Crippen LogP contribution in [-0.4, -0.2) is 34.0 Å². The number of aromatic nitrogens is 4. The molecular weight excluding hydrogens is 423 g/mol. The van der Waals surface area contributed by atoms with Crippen LogP contribution in [0.5, 0.6) is 11.5 Å². The summed E-state index contributed by atoms with van der Waals surface area (Å²) < 4.78 is 49.3. The van der Waals surface area contributed by atoms with Crippen molar-refractivity contribution in [2.45, 2.75) is 6.18 Å². The minimum atomic E-state index is -4.39. The molecule has 32 heavy (non-hydrogen) atoms. The molecule has 0 saturated heterocycles. The summed E-state index contributed by atoms with van der Waals surface area (Å²) in [6, 6.07) is 13.9. The molecule has 0 spiro atoms. The van der Waals surface area contributed by atoms with Crippen LogP contribution in [0.1, 0.15) is 5.56 Å². The molecule has 1 N–H and O–H groups in total. The van der Waals surface area contributed by atoms with Crippen LogP contribution in [0, 0.1) is 0 Å². The van der Waals surface area contributed by atoms with E-state index >= 15 is 0 Å². The molecule has 1 aliphatic rings. The summed E-state index contributed by atoms with van der Waals surface area (Å²) in [4.78, 5) is 9.44. The first-order valence-corrected chi connectivity index (χ1v) is 9.59. The van der Waals surface area contributed by atoms with Gasteiger partial charge in [0.05, 0.1) is 11.1 Å². The lowest BCUT2D eigenvalue weighted by molar-refractivity contribution is -0.137. The fourth-order valence-corrected chi connectivity index (χ4v) is 3.40. The number of anilines is 2. The van der Waals surface area contributed by atoms with Crippen LogP contribution in [0.3, 0.4) is 0 Å².